The summed E-state index contributed by atoms with van der Waals surface area (Å²) >= 11 is 0. The highest BCUT2D eigenvalue weighted by Crippen LogP contribution is 2.33. The van der Waals surface area contributed by atoms with Crippen molar-refractivity contribution in [1.29, 1.82) is 0 Å². The van der Waals surface area contributed by atoms with Gasteiger partial charge in [0.15, 0.2) is 24.7 Å². The summed E-state index contributed by atoms with van der Waals surface area (Å²) < 4.78 is 27.6. The van der Waals surface area contributed by atoms with E-state index in [1.807, 2.05) is 0 Å². The zero-order chi connectivity index (χ0) is 30.1. The van der Waals surface area contributed by atoms with Crippen molar-refractivity contribution in [3.63, 3.8) is 0 Å². The van der Waals surface area contributed by atoms with Gasteiger partial charge in [0.05, 0.1) is 13.2 Å². The van der Waals surface area contributed by atoms with Gasteiger partial charge in [-0.2, -0.15) is 0 Å². The lowest BCUT2D eigenvalue weighted by molar-refractivity contribution is -0.397. The van der Waals surface area contributed by atoms with Crippen LogP contribution >= 0.6 is 0 Å². The molecule has 0 aromatic carbocycles. The maximum absolute atomic E-state index is 11.8. The van der Waals surface area contributed by atoms with Crippen molar-refractivity contribution >= 4 is 11.8 Å². The third-order valence-corrected chi connectivity index (χ3v) is 7.00. The van der Waals surface area contributed by atoms with Gasteiger partial charge in [0.2, 0.25) is 11.8 Å². The van der Waals surface area contributed by atoms with Gasteiger partial charge in [-0.1, -0.05) is 0 Å². The summed E-state index contributed by atoms with van der Waals surface area (Å²) in [5.41, 5.74) is 0. The molecule has 40 heavy (non-hydrogen) atoms. The summed E-state index contributed by atoms with van der Waals surface area (Å²) in [6.45, 7) is 1.91. The minimum Gasteiger partial charge on any atom is -0.394 e. The van der Waals surface area contributed by atoms with E-state index < -0.39 is 117 Å². The highest BCUT2D eigenvalue weighted by Gasteiger charge is 2.54. The average molecular weight is 587 g/mol. The van der Waals surface area contributed by atoms with Crippen molar-refractivity contribution in [2.24, 2.45) is 0 Å². The fraction of sp³-hybridized carbons (Fsp3) is 0.909. The summed E-state index contributed by atoms with van der Waals surface area (Å²) in [6, 6.07) is -2.89. The smallest absolute Gasteiger partial charge is 0.217 e. The lowest BCUT2D eigenvalue weighted by atomic mass is 9.94. The fourth-order valence-electron chi connectivity index (χ4n) is 4.78. The van der Waals surface area contributed by atoms with E-state index in [0.717, 1.165) is 20.8 Å². The first-order chi connectivity index (χ1) is 18.6. The quantitative estimate of drug-likeness (QED) is 0.126. The van der Waals surface area contributed by atoms with E-state index in [1.54, 1.807) is 0 Å². The van der Waals surface area contributed by atoms with Crippen LogP contribution in [-0.2, 0) is 33.3 Å². The van der Waals surface area contributed by atoms with Crippen LogP contribution in [0.1, 0.15) is 20.8 Å². The Bertz CT molecular complexity index is 884. The molecule has 3 aliphatic rings. The molecule has 2 amide bonds. The molecule has 11 N–H and O–H groups in total. The van der Waals surface area contributed by atoms with Crippen LogP contribution in [0.5, 0.6) is 0 Å². The largest absolute Gasteiger partial charge is 0.394 e. The Morgan fingerprint density at radius 3 is 1.95 bits per heavy atom. The molecule has 0 saturated carbocycles. The molecule has 3 heterocycles. The molecule has 0 aromatic rings. The Morgan fingerprint density at radius 1 is 0.775 bits per heavy atom. The van der Waals surface area contributed by atoms with Crippen LogP contribution in [-0.4, -0.2) is 163 Å². The van der Waals surface area contributed by atoms with Gasteiger partial charge < -0.3 is 80.3 Å². The van der Waals surface area contributed by atoms with Crippen LogP contribution in [0, 0.1) is 0 Å². The van der Waals surface area contributed by atoms with Crippen LogP contribution in [0.4, 0.5) is 0 Å². The van der Waals surface area contributed by atoms with Gasteiger partial charge in [-0.3, -0.25) is 9.59 Å². The van der Waals surface area contributed by atoms with Crippen molar-refractivity contribution in [3.05, 3.63) is 0 Å². The zero-order valence-corrected chi connectivity index (χ0v) is 21.9. The van der Waals surface area contributed by atoms with E-state index >= 15 is 0 Å². The second-order valence-corrected chi connectivity index (χ2v) is 10.1. The topological polar surface area (TPSA) is 286 Å². The van der Waals surface area contributed by atoms with Crippen LogP contribution in [0.15, 0.2) is 0 Å². The van der Waals surface area contributed by atoms with Crippen LogP contribution in [0.25, 0.3) is 0 Å². The third kappa shape index (κ3) is 6.88. The van der Waals surface area contributed by atoms with E-state index in [1.165, 1.54) is 0 Å². The van der Waals surface area contributed by atoms with Gasteiger partial charge in [0.1, 0.15) is 67.0 Å². The molecule has 0 aromatic heterocycles. The predicted octanol–water partition coefficient (Wildman–Crippen LogP) is -6.94. The molecule has 18 heteroatoms. The molecular weight excluding hydrogens is 548 g/mol. The van der Waals surface area contributed by atoms with Crippen molar-refractivity contribution in [2.45, 2.75) is 112 Å². The highest BCUT2D eigenvalue weighted by atomic mass is 16.8. The maximum atomic E-state index is 11.8. The van der Waals surface area contributed by atoms with Gasteiger partial charge in [-0.25, -0.2) is 0 Å². The Morgan fingerprint density at radius 2 is 1.38 bits per heavy atom. The first-order valence-electron chi connectivity index (χ1n) is 12.5. The molecule has 0 aliphatic carbocycles. The average Bonchev–Trinajstić information content (AvgIpc) is 2.88. The van der Waals surface area contributed by atoms with Gasteiger partial charge in [0, 0.05) is 13.8 Å². The van der Waals surface area contributed by atoms with Gasteiger partial charge >= 0.3 is 0 Å². The summed E-state index contributed by atoms with van der Waals surface area (Å²) in [7, 11) is 0. The summed E-state index contributed by atoms with van der Waals surface area (Å²) in [4.78, 5) is 23.5. The zero-order valence-electron chi connectivity index (χ0n) is 21.9. The van der Waals surface area contributed by atoms with Gasteiger partial charge in [-0.05, 0) is 6.92 Å². The Kier molecular flexibility index (Phi) is 10.8. The van der Waals surface area contributed by atoms with E-state index in [2.05, 4.69) is 10.6 Å². The molecule has 3 rings (SSSR count). The molecule has 3 fully saturated rings. The molecule has 3 aliphatic heterocycles. The van der Waals surface area contributed by atoms with Crippen molar-refractivity contribution < 1.29 is 79.2 Å². The molecule has 15 atom stereocenters. The first-order valence-corrected chi connectivity index (χ1v) is 12.5. The summed E-state index contributed by atoms with van der Waals surface area (Å²) in [5.74, 6) is -3.45. The second-order valence-electron chi connectivity index (χ2n) is 10.1. The Hall–Kier alpha value is -1.62. The number of aliphatic hydroxyl groups excluding tert-OH is 9. The van der Waals surface area contributed by atoms with E-state index in [-0.39, 0.29) is 0 Å². The second kappa shape index (κ2) is 13.1. The lowest BCUT2D eigenvalue weighted by Crippen LogP contribution is -2.69. The number of carbonyl (C=O) groups is 2. The first kappa shape index (κ1) is 32.9. The van der Waals surface area contributed by atoms with Crippen molar-refractivity contribution in [3.8, 4) is 0 Å². The van der Waals surface area contributed by atoms with Crippen LogP contribution in [0.2, 0.25) is 0 Å². The predicted molar refractivity (Wildman–Crippen MR) is 124 cm³/mol. The number of carbonyl (C=O) groups excluding carboxylic acids is 2. The lowest BCUT2D eigenvalue weighted by Gasteiger charge is -2.49. The molecule has 0 spiro atoms. The van der Waals surface area contributed by atoms with Crippen LogP contribution < -0.4 is 10.6 Å². The van der Waals surface area contributed by atoms with Crippen LogP contribution in [0.3, 0.4) is 0 Å². The number of hydrogen-bond acceptors (Lipinski definition) is 16. The number of rotatable bonds is 8. The number of amides is 2. The Labute approximate surface area is 228 Å². The number of aliphatic hydroxyl groups is 9. The summed E-state index contributed by atoms with van der Waals surface area (Å²) in [6.07, 6.45) is -20.6. The number of nitrogens with one attached hydrogen (secondary N) is 2. The molecular formula is C22H38N2O16. The minimum absolute atomic E-state index is 0.654. The molecule has 18 nitrogen and oxygen atoms in total. The van der Waals surface area contributed by atoms with Gasteiger partial charge in [-0.15, -0.1) is 0 Å². The van der Waals surface area contributed by atoms with Crippen molar-refractivity contribution in [1.82, 2.24) is 10.6 Å². The standard InChI is InChI=1S/C22H38N2O16/c1-6(26)23-10-14(30)17(39-21-11(24-7(2)27)13(29)12(28)8(4-25)38-21)9(37-19(10)34)5-36-22(3)18(33)15(31)16(32)20(35)40-22/h8-21,25,28-35H,4-5H2,1-3H3,(H,23,26)(H,24,27)/t8-,9-,10-,11-,12-,13-,14-,15+,16+,17-,18+,19-,20-,21+,22+/m1/s1. The van der Waals surface area contributed by atoms with Gasteiger partial charge in [0.25, 0.3) is 0 Å². The van der Waals surface area contributed by atoms with E-state index in [0.29, 0.717) is 0 Å². The number of ether oxygens (including phenoxy) is 5. The summed E-state index contributed by atoms with van der Waals surface area (Å²) in [5, 5.41) is 96.7. The monoisotopic (exact) mass is 586 g/mol. The minimum atomic E-state index is -2.14. The molecule has 0 radical (unpaired) electrons. The molecule has 0 unspecified atom stereocenters. The van der Waals surface area contributed by atoms with E-state index in [4.69, 9.17) is 23.7 Å². The Balaban J connectivity index is 1.88. The SMILES string of the molecule is CC(=O)N[C@@H]1[C@@H](O)[C@H](O[C@@H]2O[C@H](CO)[C@@H](O)[C@H](O)[C@H]2NC(C)=O)[C@@H](CO[C@@]2(C)O[C@@H](O)[C@@H](O)[C@H](O)[C@@H]2O)O[C@H]1O. The van der Waals surface area contributed by atoms with E-state index in [9.17, 15) is 55.5 Å². The highest BCUT2D eigenvalue weighted by molar-refractivity contribution is 5.73. The third-order valence-electron chi connectivity index (χ3n) is 7.00. The molecule has 232 valence electrons. The normalized spacial score (nSPS) is 47.9. The fourth-order valence-corrected chi connectivity index (χ4v) is 4.78. The maximum Gasteiger partial charge on any atom is 0.217 e. The van der Waals surface area contributed by atoms with Crippen molar-refractivity contribution in [2.75, 3.05) is 13.2 Å². The molecule has 0 bridgehead atoms. The number of hydrogen-bond donors (Lipinski definition) is 11. The molecule has 3 saturated heterocycles.